The third-order valence-electron chi connectivity index (χ3n) is 4.57. The Morgan fingerprint density at radius 2 is 1.55 bits per heavy atom. The van der Waals surface area contributed by atoms with E-state index in [1.165, 1.54) is 11.1 Å². The summed E-state index contributed by atoms with van der Waals surface area (Å²) < 4.78 is 0. The van der Waals surface area contributed by atoms with Gasteiger partial charge in [0.2, 0.25) is 5.91 Å². The van der Waals surface area contributed by atoms with Crippen LogP contribution in [0.5, 0.6) is 0 Å². The smallest absolute Gasteiger partial charge is 0.233 e. The molecule has 114 valence electrons. The minimum absolute atomic E-state index is 0.203. The molecule has 0 saturated heterocycles. The van der Waals surface area contributed by atoms with Gasteiger partial charge in [0.1, 0.15) is 0 Å². The Morgan fingerprint density at radius 3 is 2.05 bits per heavy atom. The first-order valence-corrected chi connectivity index (χ1v) is 8.04. The van der Waals surface area contributed by atoms with Crippen molar-refractivity contribution in [3.8, 4) is 0 Å². The number of rotatable bonds is 5. The van der Waals surface area contributed by atoms with Crippen LogP contribution in [-0.4, -0.2) is 16.8 Å². The van der Waals surface area contributed by atoms with Crippen molar-refractivity contribution in [1.82, 2.24) is 4.90 Å². The number of hydrogen-bond donors (Lipinski definition) is 0. The molecule has 1 saturated carbocycles. The van der Waals surface area contributed by atoms with Crippen molar-refractivity contribution in [1.29, 1.82) is 0 Å². The van der Waals surface area contributed by atoms with Gasteiger partial charge in [-0.05, 0) is 37.8 Å². The number of carbonyl (C=O) groups is 1. The van der Waals surface area contributed by atoms with Crippen LogP contribution in [0.1, 0.15) is 37.8 Å². The second kappa shape index (κ2) is 5.96. The maximum Gasteiger partial charge on any atom is 0.233 e. The van der Waals surface area contributed by atoms with E-state index in [9.17, 15) is 4.79 Å². The maximum absolute atomic E-state index is 13.2. The summed E-state index contributed by atoms with van der Waals surface area (Å²) >= 11 is 0. The van der Waals surface area contributed by atoms with Crippen LogP contribution in [0.3, 0.4) is 0 Å². The highest BCUT2D eigenvalue weighted by molar-refractivity contribution is 5.91. The minimum Gasteiger partial charge on any atom is -0.335 e. The summed E-state index contributed by atoms with van der Waals surface area (Å²) in [4.78, 5) is 15.2. The van der Waals surface area contributed by atoms with Crippen molar-refractivity contribution in [3.63, 3.8) is 0 Å². The Labute approximate surface area is 132 Å². The molecule has 1 aliphatic rings. The van der Waals surface area contributed by atoms with E-state index in [4.69, 9.17) is 0 Å². The molecule has 3 rings (SSSR count). The standard InChI is InChI=1S/C20H23NO/c1-16(2)21(15-17-9-5-3-6-10-17)19(22)20(13-14-20)18-11-7-4-8-12-18/h3-12,16H,13-15H2,1-2H3. The summed E-state index contributed by atoms with van der Waals surface area (Å²) in [5.74, 6) is 0.276. The summed E-state index contributed by atoms with van der Waals surface area (Å²) in [7, 11) is 0. The summed E-state index contributed by atoms with van der Waals surface area (Å²) in [6.07, 6.45) is 1.93. The van der Waals surface area contributed by atoms with Gasteiger partial charge in [-0.15, -0.1) is 0 Å². The topological polar surface area (TPSA) is 20.3 Å². The minimum atomic E-state index is -0.277. The molecule has 0 aliphatic heterocycles. The molecule has 2 aromatic carbocycles. The normalized spacial score (nSPS) is 15.6. The van der Waals surface area contributed by atoms with Gasteiger partial charge in [-0.3, -0.25) is 4.79 Å². The van der Waals surface area contributed by atoms with E-state index < -0.39 is 0 Å². The van der Waals surface area contributed by atoms with Gasteiger partial charge >= 0.3 is 0 Å². The first-order valence-electron chi connectivity index (χ1n) is 8.04. The Bertz CT molecular complexity index is 629. The van der Waals surface area contributed by atoms with Crippen LogP contribution in [0.2, 0.25) is 0 Å². The Hall–Kier alpha value is -2.09. The lowest BCUT2D eigenvalue weighted by atomic mass is 9.93. The van der Waals surface area contributed by atoms with Gasteiger partial charge in [0, 0.05) is 12.6 Å². The Morgan fingerprint density at radius 1 is 1.00 bits per heavy atom. The zero-order valence-corrected chi connectivity index (χ0v) is 13.3. The highest BCUT2D eigenvalue weighted by Crippen LogP contribution is 2.50. The van der Waals surface area contributed by atoms with Gasteiger partial charge in [-0.2, -0.15) is 0 Å². The van der Waals surface area contributed by atoms with E-state index in [1.807, 2.05) is 41.3 Å². The van der Waals surface area contributed by atoms with Crippen LogP contribution in [0.15, 0.2) is 60.7 Å². The summed E-state index contributed by atoms with van der Waals surface area (Å²) in [6.45, 7) is 4.88. The van der Waals surface area contributed by atoms with Gasteiger partial charge in [0.25, 0.3) is 0 Å². The van der Waals surface area contributed by atoms with E-state index in [0.29, 0.717) is 6.54 Å². The molecule has 0 unspecified atom stereocenters. The first kappa shape index (κ1) is 14.8. The SMILES string of the molecule is CC(C)N(Cc1ccccc1)C(=O)C1(c2ccccc2)CC1. The van der Waals surface area contributed by atoms with Gasteiger partial charge in [-0.1, -0.05) is 60.7 Å². The fourth-order valence-electron chi connectivity index (χ4n) is 3.05. The Kier molecular flexibility index (Phi) is 4.02. The van der Waals surface area contributed by atoms with Crippen molar-refractivity contribution in [2.45, 2.75) is 44.7 Å². The van der Waals surface area contributed by atoms with E-state index in [1.54, 1.807) is 0 Å². The van der Waals surface area contributed by atoms with Crippen LogP contribution in [-0.2, 0) is 16.8 Å². The zero-order valence-electron chi connectivity index (χ0n) is 13.3. The number of benzene rings is 2. The fourth-order valence-corrected chi connectivity index (χ4v) is 3.05. The summed E-state index contributed by atoms with van der Waals surface area (Å²) in [5, 5.41) is 0. The van der Waals surface area contributed by atoms with Gasteiger partial charge in [0.05, 0.1) is 5.41 Å². The van der Waals surface area contributed by atoms with Crippen LogP contribution in [0.25, 0.3) is 0 Å². The lowest BCUT2D eigenvalue weighted by molar-refractivity contribution is -0.136. The molecule has 22 heavy (non-hydrogen) atoms. The predicted molar refractivity (Wildman–Crippen MR) is 89.5 cm³/mol. The van der Waals surface area contributed by atoms with Crippen LogP contribution in [0.4, 0.5) is 0 Å². The van der Waals surface area contributed by atoms with Gasteiger partial charge < -0.3 is 4.90 Å². The number of carbonyl (C=O) groups excluding carboxylic acids is 1. The zero-order chi connectivity index (χ0) is 15.6. The van der Waals surface area contributed by atoms with Gasteiger partial charge in [-0.25, -0.2) is 0 Å². The van der Waals surface area contributed by atoms with Crippen molar-refractivity contribution in [2.75, 3.05) is 0 Å². The molecule has 0 atom stereocenters. The molecule has 2 heteroatoms. The van der Waals surface area contributed by atoms with Crippen molar-refractivity contribution < 1.29 is 4.79 Å². The monoisotopic (exact) mass is 293 g/mol. The molecule has 0 bridgehead atoms. The summed E-state index contributed by atoms with van der Waals surface area (Å²) in [6, 6.07) is 20.7. The maximum atomic E-state index is 13.2. The average molecular weight is 293 g/mol. The third-order valence-corrected chi connectivity index (χ3v) is 4.57. The molecule has 0 radical (unpaired) electrons. The molecule has 0 spiro atoms. The fraction of sp³-hybridized carbons (Fsp3) is 0.350. The van der Waals surface area contributed by atoms with Crippen molar-refractivity contribution >= 4 is 5.91 Å². The Balaban J connectivity index is 1.85. The highest BCUT2D eigenvalue weighted by atomic mass is 16.2. The predicted octanol–water partition coefficient (Wildman–Crippen LogP) is 4.16. The molecule has 2 aromatic rings. The van der Waals surface area contributed by atoms with Crippen LogP contribution < -0.4 is 0 Å². The highest BCUT2D eigenvalue weighted by Gasteiger charge is 2.53. The first-order chi connectivity index (χ1) is 10.6. The van der Waals surface area contributed by atoms with Crippen molar-refractivity contribution in [3.05, 3.63) is 71.8 Å². The average Bonchev–Trinajstić information content (AvgIpc) is 3.35. The largest absolute Gasteiger partial charge is 0.335 e. The molecular formula is C20H23NO. The summed E-state index contributed by atoms with van der Waals surface area (Å²) in [5.41, 5.74) is 2.08. The molecule has 1 amide bonds. The molecular weight excluding hydrogens is 270 g/mol. The van der Waals surface area contributed by atoms with E-state index >= 15 is 0 Å². The quantitative estimate of drug-likeness (QED) is 0.810. The van der Waals surface area contributed by atoms with E-state index in [2.05, 4.69) is 38.1 Å². The molecule has 0 aromatic heterocycles. The van der Waals surface area contributed by atoms with Gasteiger partial charge in [0.15, 0.2) is 0 Å². The molecule has 1 fully saturated rings. The number of hydrogen-bond acceptors (Lipinski definition) is 1. The third kappa shape index (κ3) is 2.78. The molecule has 2 nitrogen and oxygen atoms in total. The molecule has 1 aliphatic carbocycles. The molecule has 0 N–H and O–H groups in total. The van der Waals surface area contributed by atoms with Crippen LogP contribution >= 0.6 is 0 Å². The lowest BCUT2D eigenvalue weighted by Gasteiger charge is -2.31. The number of nitrogens with zero attached hydrogens (tertiary/aromatic N) is 1. The second-order valence-electron chi connectivity index (χ2n) is 6.46. The van der Waals surface area contributed by atoms with Crippen molar-refractivity contribution in [2.24, 2.45) is 0 Å². The van der Waals surface area contributed by atoms with Crippen LogP contribution in [0, 0.1) is 0 Å². The molecule has 0 heterocycles. The number of amides is 1. The lowest BCUT2D eigenvalue weighted by Crippen LogP contribution is -2.43. The second-order valence-corrected chi connectivity index (χ2v) is 6.46. The van der Waals surface area contributed by atoms with E-state index in [0.717, 1.165) is 12.8 Å². The van der Waals surface area contributed by atoms with E-state index in [-0.39, 0.29) is 17.4 Å².